The molecule has 0 spiro atoms. The third-order valence-electron chi connectivity index (χ3n) is 6.90. The van der Waals surface area contributed by atoms with Gasteiger partial charge in [0.2, 0.25) is 6.17 Å². The van der Waals surface area contributed by atoms with Crippen molar-refractivity contribution in [2.45, 2.75) is 56.5 Å². The Hall–Kier alpha value is -2.63. The fraction of sp³-hybridized carbons (Fsp3) is 0.500. The van der Waals surface area contributed by atoms with Crippen LogP contribution in [0.3, 0.4) is 0 Å². The average molecular weight is 445 g/mol. The van der Waals surface area contributed by atoms with E-state index in [0.29, 0.717) is 29.6 Å². The number of carboxylic acids is 1. The number of methoxy groups -OCH3 is 1. The monoisotopic (exact) mass is 444 g/mol. The van der Waals surface area contributed by atoms with Crippen molar-refractivity contribution in [1.82, 2.24) is 0 Å². The maximum Gasteiger partial charge on any atom is 0.338 e. The number of hydrogen-bond donors (Lipinski definition) is 1. The summed E-state index contributed by atoms with van der Waals surface area (Å²) >= 11 is 0. The van der Waals surface area contributed by atoms with Gasteiger partial charge in [-0.25, -0.2) is 13.6 Å². The van der Waals surface area contributed by atoms with Crippen LogP contribution in [-0.4, -0.2) is 31.0 Å². The molecular formula is C26H30F2O4. The lowest BCUT2D eigenvalue weighted by Crippen LogP contribution is -2.25. The van der Waals surface area contributed by atoms with Gasteiger partial charge in [0.25, 0.3) is 0 Å². The first-order valence-corrected chi connectivity index (χ1v) is 11.4. The maximum absolute atomic E-state index is 14.4. The molecule has 0 bridgehead atoms. The van der Waals surface area contributed by atoms with E-state index in [0.717, 1.165) is 44.1 Å². The molecule has 0 aliphatic heterocycles. The lowest BCUT2D eigenvalue weighted by Gasteiger charge is -2.29. The van der Waals surface area contributed by atoms with Crippen LogP contribution < -0.4 is 9.47 Å². The quantitative estimate of drug-likeness (QED) is 0.507. The van der Waals surface area contributed by atoms with Gasteiger partial charge >= 0.3 is 5.97 Å². The predicted molar refractivity (Wildman–Crippen MR) is 118 cm³/mol. The van der Waals surface area contributed by atoms with E-state index in [4.69, 9.17) is 14.6 Å². The standard InChI is InChI=1S/C26H30F2O4/c1-31-20-11-12-23(27)22(14-20)17-7-5-16(6-8-17)15-32-21-4-2-3-19(13-21)24(18-9-10-18)25(28)26(29)30/h2-4,11-14,16-18,24-25H,5-10,15H2,1H3,(H,29,30)/t16?,17?,24-,25+/m0/s1. The minimum absolute atomic E-state index is 0.0867. The molecule has 4 nitrogen and oxygen atoms in total. The second kappa shape index (κ2) is 9.88. The number of ether oxygens (including phenoxy) is 2. The second-order valence-corrected chi connectivity index (χ2v) is 9.09. The molecule has 2 fully saturated rings. The maximum atomic E-state index is 14.4. The van der Waals surface area contributed by atoms with Crippen LogP contribution in [0.25, 0.3) is 0 Å². The Morgan fingerprint density at radius 2 is 1.81 bits per heavy atom. The van der Waals surface area contributed by atoms with Crippen molar-refractivity contribution in [2.24, 2.45) is 11.8 Å². The van der Waals surface area contributed by atoms with E-state index in [1.165, 1.54) is 6.07 Å². The molecule has 0 saturated heterocycles. The Labute approximate surface area is 187 Å². The number of benzene rings is 2. The smallest absolute Gasteiger partial charge is 0.338 e. The van der Waals surface area contributed by atoms with Crippen LogP contribution in [0, 0.1) is 17.7 Å². The van der Waals surface area contributed by atoms with E-state index < -0.39 is 18.1 Å². The topological polar surface area (TPSA) is 55.8 Å². The Morgan fingerprint density at radius 3 is 2.47 bits per heavy atom. The number of hydrogen-bond acceptors (Lipinski definition) is 3. The highest BCUT2D eigenvalue weighted by atomic mass is 19.1. The van der Waals surface area contributed by atoms with Gasteiger partial charge in [-0.15, -0.1) is 0 Å². The number of aliphatic carboxylic acids is 1. The molecule has 2 saturated carbocycles. The Bertz CT molecular complexity index is 935. The van der Waals surface area contributed by atoms with Gasteiger partial charge in [-0.1, -0.05) is 12.1 Å². The Morgan fingerprint density at radius 1 is 1.06 bits per heavy atom. The summed E-state index contributed by atoms with van der Waals surface area (Å²) in [7, 11) is 1.59. The average Bonchev–Trinajstić information content (AvgIpc) is 3.64. The van der Waals surface area contributed by atoms with Crippen LogP contribution in [0.4, 0.5) is 8.78 Å². The molecular weight excluding hydrogens is 414 g/mol. The SMILES string of the molecule is COc1ccc(F)c(C2CCC(COc3cccc([C@H](C4CC4)[C@@H](F)C(=O)O)c3)CC2)c1. The van der Waals surface area contributed by atoms with Gasteiger partial charge in [0.05, 0.1) is 13.7 Å². The van der Waals surface area contributed by atoms with Gasteiger partial charge in [-0.05, 0) is 97.7 Å². The van der Waals surface area contributed by atoms with Gasteiger partial charge in [-0.3, -0.25) is 0 Å². The van der Waals surface area contributed by atoms with E-state index in [9.17, 15) is 13.6 Å². The number of halogens is 2. The molecule has 1 N–H and O–H groups in total. The van der Waals surface area contributed by atoms with Crippen molar-refractivity contribution in [2.75, 3.05) is 13.7 Å². The zero-order valence-electron chi connectivity index (χ0n) is 18.3. The van der Waals surface area contributed by atoms with E-state index in [2.05, 4.69) is 0 Å². The third-order valence-corrected chi connectivity index (χ3v) is 6.90. The summed E-state index contributed by atoms with van der Waals surface area (Å²) in [6, 6.07) is 12.1. The first kappa shape index (κ1) is 22.6. The van der Waals surface area contributed by atoms with Crippen molar-refractivity contribution in [3.63, 3.8) is 0 Å². The molecule has 0 amide bonds. The first-order chi connectivity index (χ1) is 15.5. The van der Waals surface area contributed by atoms with Crippen LogP contribution in [0.15, 0.2) is 42.5 Å². The van der Waals surface area contributed by atoms with E-state index in [1.807, 2.05) is 6.07 Å². The fourth-order valence-electron chi connectivity index (χ4n) is 4.92. The van der Waals surface area contributed by atoms with Crippen LogP contribution in [0.2, 0.25) is 0 Å². The molecule has 2 aliphatic carbocycles. The summed E-state index contributed by atoms with van der Waals surface area (Å²) < 4.78 is 39.9. The van der Waals surface area contributed by atoms with Gasteiger partial charge in [0, 0.05) is 5.92 Å². The molecule has 4 rings (SSSR count). The van der Waals surface area contributed by atoms with Crippen molar-refractivity contribution in [3.8, 4) is 11.5 Å². The molecule has 2 aromatic carbocycles. The predicted octanol–water partition coefficient (Wildman–Crippen LogP) is 6.10. The third kappa shape index (κ3) is 5.22. The normalized spacial score (nSPS) is 22.7. The second-order valence-electron chi connectivity index (χ2n) is 9.09. The van der Waals surface area contributed by atoms with Crippen LogP contribution in [0.5, 0.6) is 11.5 Å². The van der Waals surface area contributed by atoms with Crippen molar-refractivity contribution in [1.29, 1.82) is 0 Å². The molecule has 2 aromatic rings. The highest BCUT2D eigenvalue weighted by Crippen LogP contribution is 2.46. The first-order valence-electron chi connectivity index (χ1n) is 11.4. The van der Waals surface area contributed by atoms with Gasteiger partial charge in [-0.2, -0.15) is 0 Å². The molecule has 2 atom stereocenters. The molecule has 172 valence electrons. The minimum Gasteiger partial charge on any atom is -0.497 e. The summed E-state index contributed by atoms with van der Waals surface area (Å²) in [5, 5.41) is 9.15. The van der Waals surface area contributed by atoms with E-state index in [1.54, 1.807) is 37.4 Å². The largest absolute Gasteiger partial charge is 0.497 e. The molecule has 2 aliphatic rings. The van der Waals surface area contributed by atoms with Crippen molar-refractivity contribution >= 4 is 5.97 Å². The molecule has 32 heavy (non-hydrogen) atoms. The van der Waals surface area contributed by atoms with Crippen molar-refractivity contribution in [3.05, 3.63) is 59.4 Å². The van der Waals surface area contributed by atoms with Gasteiger partial charge in [0.1, 0.15) is 17.3 Å². The highest BCUT2D eigenvalue weighted by Gasteiger charge is 2.41. The summed E-state index contributed by atoms with van der Waals surface area (Å²) in [4.78, 5) is 11.2. The van der Waals surface area contributed by atoms with Crippen molar-refractivity contribution < 1.29 is 28.2 Å². The van der Waals surface area contributed by atoms with Crippen LogP contribution >= 0.6 is 0 Å². The summed E-state index contributed by atoms with van der Waals surface area (Å²) in [5.74, 6) is -0.246. The minimum atomic E-state index is -1.90. The molecule has 0 heterocycles. The van der Waals surface area contributed by atoms with E-state index in [-0.39, 0.29) is 17.7 Å². The number of carboxylic acid groups (broad SMARTS) is 1. The Kier molecular flexibility index (Phi) is 6.97. The molecule has 0 aromatic heterocycles. The van der Waals surface area contributed by atoms with Gasteiger partial charge < -0.3 is 14.6 Å². The number of alkyl halides is 1. The zero-order chi connectivity index (χ0) is 22.7. The molecule has 6 heteroatoms. The van der Waals surface area contributed by atoms with Crippen LogP contribution in [-0.2, 0) is 4.79 Å². The van der Waals surface area contributed by atoms with Gasteiger partial charge in [0.15, 0.2) is 0 Å². The van der Waals surface area contributed by atoms with E-state index >= 15 is 0 Å². The summed E-state index contributed by atoms with van der Waals surface area (Å²) in [5.41, 5.74) is 1.42. The lowest BCUT2D eigenvalue weighted by atomic mass is 9.79. The summed E-state index contributed by atoms with van der Waals surface area (Å²) in [6.07, 6.45) is 3.49. The fourth-order valence-corrected chi connectivity index (χ4v) is 4.92. The number of rotatable bonds is 9. The molecule has 0 radical (unpaired) electrons. The molecule has 0 unspecified atom stereocenters. The van der Waals surface area contributed by atoms with Crippen LogP contribution in [0.1, 0.15) is 61.5 Å². The lowest BCUT2D eigenvalue weighted by molar-refractivity contribution is -0.143. The Balaban J connectivity index is 1.33. The highest BCUT2D eigenvalue weighted by molar-refractivity contribution is 5.73. The summed E-state index contributed by atoms with van der Waals surface area (Å²) in [6.45, 7) is 0.544. The zero-order valence-corrected chi connectivity index (χ0v) is 18.3. The number of carbonyl (C=O) groups is 1.